The molecule has 0 aliphatic carbocycles. The second-order valence-electron chi connectivity index (χ2n) is 6.76. The highest BCUT2D eigenvalue weighted by Crippen LogP contribution is 2.48. The van der Waals surface area contributed by atoms with E-state index in [0.717, 1.165) is 23.1 Å². The van der Waals surface area contributed by atoms with Crippen molar-refractivity contribution >= 4 is 58.1 Å². The van der Waals surface area contributed by atoms with Gasteiger partial charge in [0.2, 0.25) is 0 Å². The van der Waals surface area contributed by atoms with Crippen molar-refractivity contribution in [2.45, 2.75) is 35.9 Å². The monoisotopic (exact) mass is 448 g/mol. The number of hydrogen-bond donors (Lipinski definition) is 0. The summed E-state index contributed by atoms with van der Waals surface area (Å²) in [6.45, 7) is 8.42. The standard InChI is InChI=1S/C22H22Cl2N2S2/c1-4-25-17-12-15(23)6-8-19(17)27-21(25)10-14(3)11-22-26(5-2)18-13-16(24)7-9-20(18)28-22/h6-13,21H,4-5H2,1-3H3. The topological polar surface area (TPSA) is 6.48 Å². The van der Waals surface area contributed by atoms with Crippen molar-refractivity contribution in [2.75, 3.05) is 22.9 Å². The van der Waals surface area contributed by atoms with Crippen LogP contribution in [0.3, 0.4) is 0 Å². The number of thioether (sulfide) groups is 2. The number of nitrogens with zero attached hydrogens (tertiary/aromatic N) is 2. The molecule has 2 aromatic carbocycles. The summed E-state index contributed by atoms with van der Waals surface area (Å²) in [4.78, 5) is 7.29. The van der Waals surface area contributed by atoms with Crippen LogP contribution in [0.25, 0.3) is 0 Å². The number of likely N-dealkylation sites (N-methyl/N-ethyl adjacent to an activating group) is 1. The Balaban J connectivity index is 1.60. The van der Waals surface area contributed by atoms with Crippen molar-refractivity contribution in [1.82, 2.24) is 0 Å². The maximum absolute atomic E-state index is 6.22. The van der Waals surface area contributed by atoms with Gasteiger partial charge in [-0.3, -0.25) is 0 Å². The third-order valence-corrected chi connectivity index (χ3v) is 7.71. The SMILES string of the molecule is CCN1C(=CC(C)=CC2Sc3ccc(Cl)cc3N2CC)Sc2ccc(Cl)cc21. The van der Waals surface area contributed by atoms with Gasteiger partial charge in [0, 0.05) is 32.9 Å². The average molecular weight is 449 g/mol. The summed E-state index contributed by atoms with van der Waals surface area (Å²) < 4.78 is 0. The molecular weight excluding hydrogens is 427 g/mol. The number of anilines is 2. The third kappa shape index (κ3) is 3.80. The van der Waals surface area contributed by atoms with E-state index in [1.807, 2.05) is 35.7 Å². The van der Waals surface area contributed by atoms with Crippen LogP contribution in [0, 0.1) is 0 Å². The van der Waals surface area contributed by atoms with Crippen LogP contribution in [0.4, 0.5) is 11.4 Å². The lowest BCUT2D eigenvalue weighted by Gasteiger charge is -2.23. The predicted octanol–water partition coefficient (Wildman–Crippen LogP) is 7.67. The molecule has 2 heterocycles. The summed E-state index contributed by atoms with van der Waals surface area (Å²) in [7, 11) is 0. The van der Waals surface area contributed by atoms with E-state index in [4.69, 9.17) is 23.2 Å². The summed E-state index contributed by atoms with van der Waals surface area (Å²) >= 11 is 16.1. The van der Waals surface area contributed by atoms with Crippen LogP contribution in [-0.2, 0) is 0 Å². The molecule has 0 aromatic heterocycles. The molecule has 0 amide bonds. The first kappa shape index (κ1) is 20.1. The van der Waals surface area contributed by atoms with Crippen molar-refractivity contribution in [1.29, 1.82) is 0 Å². The summed E-state index contributed by atoms with van der Waals surface area (Å²) in [6.07, 6.45) is 4.63. The summed E-state index contributed by atoms with van der Waals surface area (Å²) in [5.41, 5.74) is 3.69. The Hall–Kier alpha value is -1.20. The predicted molar refractivity (Wildman–Crippen MR) is 126 cm³/mol. The highest BCUT2D eigenvalue weighted by Gasteiger charge is 2.28. The minimum atomic E-state index is 0.286. The van der Waals surface area contributed by atoms with Gasteiger partial charge in [0.05, 0.1) is 21.8 Å². The lowest BCUT2D eigenvalue weighted by atomic mass is 10.2. The van der Waals surface area contributed by atoms with E-state index < -0.39 is 0 Å². The van der Waals surface area contributed by atoms with Gasteiger partial charge in [-0.1, -0.05) is 46.7 Å². The number of benzene rings is 2. The fourth-order valence-electron chi connectivity index (χ4n) is 3.60. The smallest absolute Gasteiger partial charge is 0.0988 e. The molecule has 1 atom stereocenters. The van der Waals surface area contributed by atoms with Crippen molar-refractivity contribution in [3.63, 3.8) is 0 Å². The first-order valence-electron chi connectivity index (χ1n) is 9.38. The molecule has 0 saturated carbocycles. The summed E-state index contributed by atoms with van der Waals surface area (Å²) in [5.74, 6) is 0. The molecule has 0 radical (unpaired) electrons. The van der Waals surface area contributed by atoms with Crippen molar-refractivity contribution in [3.8, 4) is 0 Å². The zero-order valence-corrected chi connectivity index (χ0v) is 19.2. The first-order chi connectivity index (χ1) is 13.5. The lowest BCUT2D eigenvalue weighted by molar-refractivity contribution is 0.874. The van der Waals surface area contributed by atoms with E-state index in [1.165, 1.54) is 31.8 Å². The summed E-state index contributed by atoms with van der Waals surface area (Å²) in [5, 5.41) is 3.11. The molecule has 0 saturated heterocycles. The van der Waals surface area contributed by atoms with E-state index in [-0.39, 0.29) is 5.37 Å². The molecule has 2 aromatic rings. The van der Waals surface area contributed by atoms with Crippen LogP contribution in [0.5, 0.6) is 0 Å². The largest absolute Gasteiger partial charge is 0.355 e. The molecule has 0 spiro atoms. The normalized spacial score (nSPS) is 20.1. The minimum Gasteiger partial charge on any atom is -0.355 e. The fourth-order valence-corrected chi connectivity index (χ4v) is 6.52. The van der Waals surface area contributed by atoms with Crippen molar-refractivity contribution < 1.29 is 0 Å². The fraction of sp³-hybridized carbons (Fsp3) is 0.273. The summed E-state index contributed by atoms with van der Waals surface area (Å²) in [6, 6.07) is 12.3. The Morgan fingerprint density at radius 3 is 2.36 bits per heavy atom. The van der Waals surface area contributed by atoms with Gasteiger partial charge < -0.3 is 9.80 Å². The molecule has 2 aliphatic heterocycles. The van der Waals surface area contributed by atoms with E-state index in [9.17, 15) is 0 Å². The lowest BCUT2D eigenvalue weighted by Crippen LogP contribution is -2.27. The van der Waals surface area contributed by atoms with Crippen LogP contribution >= 0.6 is 46.7 Å². The third-order valence-electron chi connectivity index (χ3n) is 4.89. The number of hydrogen-bond acceptors (Lipinski definition) is 4. The zero-order valence-electron chi connectivity index (χ0n) is 16.1. The van der Waals surface area contributed by atoms with E-state index >= 15 is 0 Å². The van der Waals surface area contributed by atoms with Crippen molar-refractivity contribution in [2.24, 2.45) is 0 Å². The van der Waals surface area contributed by atoms with Gasteiger partial charge in [-0.2, -0.15) is 0 Å². The second-order valence-corrected chi connectivity index (χ2v) is 9.85. The van der Waals surface area contributed by atoms with E-state index in [2.05, 4.69) is 67.0 Å². The number of fused-ring (bicyclic) bond motifs is 2. The van der Waals surface area contributed by atoms with Gasteiger partial charge in [-0.05, 0) is 74.9 Å². The molecule has 0 bridgehead atoms. The van der Waals surface area contributed by atoms with Gasteiger partial charge in [0.1, 0.15) is 0 Å². The van der Waals surface area contributed by atoms with E-state index in [0.29, 0.717) is 0 Å². The number of rotatable bonds is 4. The Bertz CT molecular complexity index is 971. The molecule has 0 fully saturated rings. The van der Waals surface area contributed by atoms with Crippen LogP contribution in [0.2, 0.25) is 10.0 Å². The van der Waals surface area contributed by atoms with Crippen LogP contribution in [0.15, 0.2) is 68.9 Å². The average Bonchev–Trinajstić information content (AvgIpc) is 3.17. The maximum atomic E-state index is 6.22. The van der Waals surface area contributed by atoms with Crippen LogP contribution in [-0.4, -0.2) is 18.5 Å². The molecule has 146 valence electrons. The van der Waals surface area contributed by atoms with Gasteiger partial charge >= 0.3 is 0 Å². The van der Waals surface area contributed by atoms with E-state index in [1.54, 1.807) is 0 Å². The van der Waals surface area contributed by atoms with Crippen LogP contribution in [0.1, 0.15) is 20.8 Å². The molecule has 6 heteroatoms. The molecule has 2 aliphatic rings. The molecule has 1 unspecified atom stereocenters. The molecule has 28 heavy (non-hydrogen) atoms. The highest BCUT2D eigenvalue weighted by atomic mass is 35.5. The Kier molecular flexibility index (Phi) is 5.93. The quantitative estimate of drug-likeness (QED) is 0.472. The number of allylic oxidation sites excluding steroid dienone is 2. The van der Waals surface area contributed by atoms with Gasteiger partial charge in [0.25, 0.3) is 0 Å². The van der Waals surface area contributed by atoms with Gasteiger partial charge in [0.15, 0.2) is 0 Å². The molecule has 0 N–H and O–H groups in total. The molecule has 2 nitrogen and oxygen atoms in total. The van der Waals surface area contributed by atoms with Crippen LogP contribution < -0.4 is 9.80 Å². The first-order valence-corrected chi connectivity index (χ1v) is 11.8. The Morgan fingerprint density at radius 1 is 1.00 bits per heavy atom. The Morgan fingerprint density at radius 2 is 1.68 bits per heavy atom. The molecule has 4 rings (SSSR count). The Labute approximate surface area is 185 Å². The number of halogens is 2. The molecular formula is C22H22Cl2N2S2. The minimum absolute atomic E-state index is 0.286. The maximum Gasteiger partial charge on any atom is 0.0988 e. The van der Waals surface area contributed by atoms with Crippen molar-refractivity contribution in [3.05, 3.63) is 69.2 Å². The van der Waals surface area contributed by atoms with Gasteiger partial charge in [-0.25, -0.2) is 0 Å². The highest BCUT2D eigenvalue weighted by molar-refractivity contribution is 8.03. The van der Waals surface area contributed by atoms with Gasteiger partial charge in [-0.15, -0.1) is 0 Å². The zero-order chi connectivity index (χ0) is 19.8. The second kappa shape index (κ2) is 8.27.